The lowest BCUT2D eigenvalue weighted by atomic mass is 9.95. The number of hydrogen-bond donors (Lipinski definition) is 3. The number of carboxylic acids is 1. The van der Waals surface area contributed by atoms with Gasteiger partial charge in [-0.15, -0.1) is 0 Å². The number of benzene rings is 1. The molecule has 1 rings (SSSR count). The van der Waals surface area contributed by atoms with E-state index in [1.54, 1.807) is 0 Å². The van der Waals surface area contributed by atoms with E-state index in [0.29, 0.717) is 6.42 Å². The van der Waals surface area contributed by atoms with Crippen LogP contribution in [0.15, 0.2) is 30.3 Å². The second-order valence-electron chi connectivity index (χ2n) is 3.95. The Bertz CT molecular complexity index is 405. The van der Waals surface area contributed by atoms with E-state index in [1.807, 2.05) is 37.3 Å². The van der Waals surface area contributed by atoms with Crippen molar-refractivity contribution in [3.8, 4) is 0 Å². The molecule has 1 aromatic rings. The monoisotopic (exact) mass is 251 g/mol. The maximum absolute atomic E-state index is 12.0. The molecule has 0 heterocycles. The lowest BCUT2D eigenvalue weighted by molar-refractivity contribution is -0.143. The second-order valence-corrected chi connectivity index (χ2v) is 3.95. The first-order valence-corrected chi connectivity index (χ1v) is 5.79. The van der Waals surface area contributed by atoms with E-state index in [1.165, 1.54) is 0 Å². The van der Waals surface area contributed by atoms with E-state index >= 15 is 0 Å². The second kappa shape index (κ2) is 6.76. The number of carbonyl (C=O) groups is 2. The Morgan fingerprint density at radius 3 is 2.33 bits per heavy atom. The zero-order valence-corrected chi connectivity index (χ0v) is 10.2. The molecule has 0 aromatic heterocycles. The highest BCUT2D eigenvalue weighted by Gasteiger charge is 2.24. The van der Waals surface area contributed by atoms with Gasteiger partial charge in [-0.1, -0.05) is 37.3 Å². The van der Waals surface area contributed by atoms with Crippen LogP contribution in [0.1, 0.15) is 24.8 Å². The van der Waals surface area contributed by atoms with Crippen LogP contribution in [0.25, 0.3) is 0 Å². The zero-order chi connectivity index (χ0) is 13.5. The fraction of sp³-hybridized carbons (Fsp3) is 0.385. The number of aliphatic hydroxyl groups excluding tert-OH is 1. The van der Waals surface area contributed by atoms with Crippen molar-refractivity contribution in [3.63, 3.8) is 0 Å². The molecule has 18 heavy (non-hydrogen) atoms. The van der Waals surface area contributed by atoms with E-state index in [0.717, 1.165) is 5.56 Å². The molecule has 2 atom stereocenters. The summed E-state index contributed by atoms with van der Waals surface area (Å²) < 4.78 is 0. The molecule has 0 spiro atoms. The molecule has 2 unspecified atom stereocenters. The molecule has 0 bridgehead atoms. The maximum Gasteiger partial charge on any atom is 0.328 e. The molecule has 0 saturated carbocycles. The third-order valence-electron chi connectivity index (χ3n) is 2.72. The summed E-state index contributed by atoms with van der Waals surface area (Å²) in [5.41, 5.74) is 0.833. The lowest BCUT2D eigenvalue weighted by Crippen LogP contribution is -2.45. The normalized spacial score (nSPS) is 13.7. The fourth-order valence-electron chi connectivity index (χ4n) is 1.72. The Hall–Kier alpha value is -1.88. The van der Waals surface area contributed by atoms with Crippen molar-refractivity contribution in [1.29, 1.82) is 0 Å². The molecule has 0 aliphatic heterocycles. The van der Waals surface area contributed by atoms with Crippen LogP contribution in [0.5, 0.6) is 0 Å². The van der Waals surface area contributed by atoms with Gasteiger partial charge in [-0.05, 0) is 12.0 Å². The molecule has 5 heteroatoms. The van der Waals surface area contributed by atoms with Gasteiger partial charge in [-0.3, -0.25) is 4.79 Å². The van der Waals surface area contributed by atoms with Crippen LogP contribution in [-0.4, -0.2) is 34.7 Å². The Balaban J connectivity index is 2.78. The van der Waals surface area contributed by atoms with Gasteiger partial charge in [0.1, 0.15) is 6.04 Å². The van der Waals surface area contributed by atoms with Gasteiger partial charge < -0.3 is 15.5 Å². The molecule has 0 radical (unpaired) electrons. The van der Waals surface area contributed by atoms with Gasteiger partial charge in [-0.2, -0.15) is 0 Å². The van der Waals surface area contributed by atoms with E-state index < -0.39 is 24.5 Å². The minimum Gasteiger partial charge on any atom is -0.480 e. The molecule has 0 fully saturated rings. The van der Waals surface area contributed by atoms with Crippen LogP contribution in [0.2, 0.25) is 0 Å². The first-order chi connectivity index (χ1) is 8.60. The predicted molar refractivity (Wildman–Crippen MR) is 66.1 cm³/mol. The van der Waals surface area contributed by atoms with Gasteiger partial charge in [0.25, 0.3) is 0 Å². The summed E-state index contributed by atoms with van der Waals surface area (Å²) in [5.74, 6) is -2.03. The summed E-state index contributed by atoms with van der Waals surface area (Å²) in [6.45, 7) is 1.23. The molecule has 1 amide bonds. The maximum atomic E-state index is 12.0. The third kappa shape index (κ3) is 3.56. The third-order valence-corrected chi connectivity index (χ3v) is 2.72. The van der Waals surface area contributed by atoms with Crippen molar-refractivity contribution in [2.24, 2.45) is 0 Å². The van der Waals surface area contributed by atoms with E-state index in [9.17, 15) is 9.59 Å². The van der Waals surface area contributed by atoms with Crippen LogP contribution >= 0.6 is 0 Å². The topological polar surface area (TPSA) is 86.6 Å². The summed E-state index contributed by atoms with van der Waals surface area (Å²) in [6, 6.07) is 7.89. The van der Waals surface area contributed by atoms with Crippen molar-refractivity contribution in [1.82, 2.24) is 5.32 Å². The molecule has 3 N–H and O–H groups in total. The van der Waals surface area contributed by atoms with Gasteiger partial charge >= 0.3 is 5.97 Å². The van der Waals surface area contributed by atoms with E-state index in [4.69, 9.17) is 10.2 Å². The smallest absolute Gasteiger partial charge is 0.328 e. The van der Waals surface area contributed by atoms with Crippen LogP contribution < -0.4 is 5.32 Å². The number of hydrogen-bond acceptors (Lipinski definition) is 3. The fourth-order valence-corrected chi connectivity index (χ4v) is 1.72. The molecule has 0 aliphatic carbocycles. The Morgan fingerprint density at radius 2 is 1.89 bits per heavy atom. The standard InChI is InChI=1S/C13H17NO4/c1-2-10(9-6-4-3-5-7-9)12(16)14-11(8-15)13(17)18/h3-7,10-11,15H,2,8H2,1H3,(H,14,16)(H,17,18). The minimum absolute atomic E-state index is 0.384. The van der Waals surface area contributed by atoms with Gasteiger partial charge in [0.05, 0.1) is 12.5 Å². The number of carboxylic acid groups (broad SMARTS) is 1. The molecular formula is C13H17NO4. The predicted octanol–water partition coefficient (Wildman–Crippen LogP) is 0.742. The average Bonchev–Trinajstić information content (AvgIpc) is 2.37. The van der Waals surface area contributed by atoms with Gasteiger partial charge in [-0.25, -0.2) is 4.79 Å². The SMILES string of the molecule is CCC(C(=O)NC(CO)C(=O)O)c1ccccc1. The van der Waals surface area contributed by atoms with Crippen molar-refractivity contribution < 1.29 is 19.8 Å². The Kier molecular flexibility index (Phi) is 5.32. The zero-order valence-electron chi connectivity index (χ0n) is 10.2. The van der Waals surface area contributed by atoms with Crippen LogP contribution in [-0.2, 0) is 9.59 Å². The molecule has 1 aromatic carbocycles. The van der Waals surface area contributed by atoms with Crippen molar-refractivity contribution in [2.45, 2.75) is 25.3 Å². The first kappa shape index (κ1) is 14.2. The number of aliphatic hydroxyl groups is 1. The van der Waals surface area contributed by atoms with Crippen LogP contribution in [0.4, 0.5) is 0 Å². The Morgan fingerprint density at radius 1 is 1.28 bits per heavy atom. The molecular weight excluding hydrogens is 234 g/mol. The average molecular weight is 251 g/mol. The number of rotatable bonds is 6. The number of aliphatic carboxylic acids is 1. The summed E-state index contributed by atoms with van der Waals surface area (Å²) in [6.07, 6.45) is 0.563. The molecule has 98 valence electrons. The van der Waals surface area contributed by atoms with Crippen molar-refractivity contribution >= 4 is 11.9 Å². The number of carbonyl (C=O) groups excluding carboxylic acids is 1. The highest BCUT2D eigenvalue weighted by molar-refractivity contribution is 5.88. The first-order valence-electron chi connectivity index (χ1n) is 5.79. The minimum atomic E-state index is -1.25. The highest BCUT2D eigenvalue weighted by Crippen LogP contribution is 2.19. The largest absolute Gasteiger partial charge is 0.480 e. The van der Waals surface area contributed by atoms with Gasteiger partial charge in [0.15, 0.2) is 0 Å². The molecule has 0 saturated heterocycles. The van der Waals surface area contributed by atoms with Crippen LogP contribution in [0, 0.1) is 0 Å². The van der Waals surface area contributed by atoms with Gasteiger partial charge in [0.2, 0.25) is 5.91 Å². The van der Waals surface area contributed by atoms with Crippen molar-refractivity contribution in [3.05, 3.63) is 35.9 Å². The number of amides is 1. The quantitative estimate of drug-likeness (QED) is 0.696. The molecule has 5 nitrogen and oxygen atoms in total. The summed E-state index contributed by atoms with van der Waals surface area (Å²) in [5, 5.41) is 20.0. The lowest BCUT2D eigenvalue weighted by Gasteiger charge is -2.18. The summed E-state index contributed by atoms with van der Waals surface area (Å²) in [7, 11) is 0. The highest BCUT2D eigenvalue weighted by atomic mass is 16.4. The van der Waals surface area contributed by atoms with Crippen molar-refractivity contribution in [2.75, 3.05) is 6.61 Å². The summed E-state index contributed by atoms with van der Waals surface area (Å²) in [4.78, 5) is 22.7. The number of nitrogens with one attached hydrogen (secondary N) is 1. The van der Waals surface area contributed by atoms with Crippen LogP contribution in [0.3, 0.4) is 0 Å². The van der Waals surface area contributed by atoms with Gasteiger partial charge in [0, 0.05) is 0 Å². The summed E-state index contributed by atoms with van der Waals surface area (Å²) >= 11 is 0. The molecule has 0 aliphatic rings. The van der Waals surface area contributed by atoms with E-state index in [2.05, 4.69) is 5.32 Å². The Labute approximate surface area is 105 Å². The van der Waals surface area contributed by atoms with E-state index in [-0.39, 0.29) is 5.91 Å².